The topological polar surface area (TPSA) is 64.5 Å². The van der Waals surface area contributed by atoms with Crippen molar-refractivity contribution in [3.05, 3.63) is 48.3 Å². The van der Waals surface area contributed by atoms with Crippen molar-refractivity contribution in [3.63, 3.8) is 0 Å². The molecule has 0 aliphatic rings. The molecular formula is C15H14FN3O3. The van der Waals surface area contributed by atoms with E-state index >= 15 is 0 Å². The van der Waals surface area contributed by atoms with Crippen LogP contribution >= 0.6 is 0 Å². The summed E-state index contributed by atoms with van der Waals surface area (Å²) in [5.74, 6) is 1.33. The van der Waals surface area contributed by atoms with Gasteiger partial charge < -0.3 is 18.5 Å². The van der Waals surface area contributed by atoms with Crippen LogP contribution in [0.4, 0.5) is 10.1 Å². The summed E-state index contributed by atoms with van der Waals surface area (Å²) in [6.07, 6.45) is 1.54. The average Bonchev–Trinajstić information content (AvgIpc) is 3.17. The molecule has 1 aromatic carbocycles. The van der Waals surface area contributed by atoms with Gasteiger partial charge in [0.15, 0.2) is 5.76 Å². The smallest absolute Gasteiger partial charge is 0.283 e. The Kier molecular flexibility index (Phi) is 3.78. The molecule has 114 valence electrons. The third-order valence-electron chi connectivity index (χ3n) is 3.12. The Morgan fingerprint density at radius 2 is 2.14 bits per heavy atom. The van der Waals surface area contributed by atoms with Crippen molar-refractivity contribution in [2.75, 3.05) is 19.1 Å². The van der Waals surface area contributed by atoms with Crippen LogP contribution in [-0.4, -0.2) is 24.4 Å². The molecule has 0 bridgehead atoms. The quantitative estimate of drug-likeness (QED) is 0.721. The Morgan fingerprint density at radius 1 is 1.27 bits per heavy atom. The highest BCUT2D eigenvalue weighted by atomic mass is 19.1. The van der Waals surface area contributed by atoms with Crippen molar-refractivity contribution in [1.82, 2.24) is 10.2 Å². The molecule has 0 saturated heterocycles. The first kappa shape index (κ1) is 14.1. The summed E-state index contributed by atoms with van der Waals surface area (Å²) >= 11 is 0. The SMILES string of the molecule is COc1cc(F)ccc1N(C)Cc1nnc(-c2ccco2)o1. The summed E-state index contributed by atoms with van der Waals surface area (Å²) in [7, 11) is 3.32. The van der Waals surface area contributed by atoms with Crippen molar-refractivity contribution in [2.45, 2.75) is 6.54 Å². The molecule has 0 radical (unpaired) electrons. The van der Waals surface area contributed by atoms with E-state index in [1.807, 2.05) is 11.9 Å². The van der Waals surface area contributed by atoms with E-state index in [2.05, 4.69) is 10.2 Å². The van der Waals surface area contributed by atoms with Crippen LogP contribution in [0.15, 0.2) is 45.4 Å². The van der Waals surface area contributed by atoms with Crippen LogP contribution in [0.1, 0.15) is 5.89 Å². The predicted octanol–water partition coefficient (Wildman–Crippen LogP) is 3.11. The zero-order valence-electron chi connectivity index (χ0n) is 12.1. The van der Waals surface area contributed by atoms with Crippen molar-refractivity contribution in [2.24, 2.45) is 0 Å². The van der Waals surface area contributed by atoms with Gasteiger partial charge in [0.2, 0.25) is 5.89 Å². The molecule has 0 spiro atoms. The van der Waals surface area contributed by atoms with Crippen molar-refractivity contribution >= 4 is 5.69 Å². The third-order valence-corrected chi connectivity index (χ3v) is 3.12. The predicted molar refractivity (Wildman–Crippen MR) is 77.1 cm³/mol. The average molecular weight is 303 g/mol. The molecule has 0 N–H and O–H groups in total. The zero-order chi connectivity index (χ0) is 15.5. The molecule has 2 aromatic heterocycles. The molecule has 0 aliphatic carbocycles. The first-order chi connectivity index (χ1) is 10.7. The monoisotopic (exact) mass is 303 g/mol. The van der Waals surface area contributed by atoms with Gasteiger partial charge in [0, 0.05) is 13.1 Å². The molecule has 0 amide bonds. The molecule has 7 heteroatoms. The summed E-state index contributed by atoms with van der Waals surface area (Å²) in [6.45, 7) is 0.357. The van der Waals surface area contributed by atoms with E-state index in [1.54, 1.807) is 18.2 Å². The first-order valence-corrected chi connectivity index (χ1v) is 6.58. The molecule has 22 heavy (non-hydrogen) atoms. The molecule has 0 saturated carbocycles. The molecule has 0 aliphatic heterocycles. The van der Waals surface area contributed by atoms with Crippen LogP contribution in [0.25, 0.3) is 11.7 Å². The number of aromatic nitrogens is 2. The maximum absolute atomic E-state index is 13.2. The van der Waals surface area contributed by atoms with E-state index in [4.69, 9.17) is 13.6 Å². The van der Waals surface area contributed by atoms with Gasteiger partial charge in [-0.3, -0.25) is 0 Å². The highest BCUT2D eigenvalue weighted by molar-refractivity contribution is 5.58. The van der Waals surface area contributed by atoms with E-state index in [9.17, 15) is 4.39 Å². The Hall–Kier alpha value is -2.83. The van der Waals surface area contributed by atoms with E-state index in [0.29, 0.717) is 29.8 Å². The van der Waals surface area contributed by atoms with Crippen molar-refractivity contribution in [1.29, 1.82) is 0 Å². The minimum absolute atomic E-state index is 0.319. The second-order valence-corrected chi connectivity index (χ2v) is 4.65. The second kappa shape index (κ2) is 5.88. The molecule has 0 unspecified atom stereocenters. The summed E-state index contributed by atoms with van der Waals surface area (Å²) in [4.78, 5) is 1.83. The minimum Gasteiger partial charge on any atom is -0.494 e. The number of hydrogen-bond acceptors (Lipinski definition) is 6. The van der Waals surface area contributed by atoms with Crippen LogP contribution in [0, 0.1) is 5.82 Å². The first-order valence-electron chi connectivity index (χ1n) is 6.58. The Labute approximate surface area is 126 Å². The molecule has 3 rings (SSSR count). The Balaban J connectivity index is 1.78. The number of furan rings is 1. The number of rotatable bonds is 5. The van der Waals surface area contributed by atoms with E-state index in [0.717, 1.165) is 5.69 Å². The number of ether oxygens (including phenoxy) is 1. The Morgan fingerprint density at radius 3 is 2.86 bits per heavy atom. The lowest BCUT2D eigenvalue weighted by molar-refractivity contribution is 0.410. The van der Waals surface area contributed by atoms with Crippen molar-refractivity contribution in [3.8, 4) is 17.4 Å². The minimum atomic E-state index is -0.355. The highest BCUT2D eigenvalue weighted by Crippen LogP contribution is 2.29. The number of halogens is 1. The number of benzene rings is 1. The molecule has 3 aromatic rings. The van der Waals surface area contributed by atoms with E-state index in [1.165, 1.54) is 25.5 Å². The summed E-state index contributed by atoms with van der Waals surface area (Å²) in [6, 6.07) is 7.82. The van der Waals surface area contributed by atoms with Gasteiger partial charge in [-0.05, 0) is 24.3 Å². The normalized spacial score (nSPS) is 10.7. The van der Waals surface area contributed by atoms with Gasteiger partial charge in [-0.1, -0.05) is 0 Å². The van der Waals surface area contributed by atoms with Gasteiger partial charge in [0.1, 0.15) is 11.6 Å². The van der Waals surface area contributed by atoms with Crippen LogP contribution in [-0.2, 0) is 6.54 Å². The third kappa shape index (κ3) is 2.78. The van der Waals surface area contributed by atoms with Gasteiger partial charge in [-0.2, -0.15) is 0 Å². The molecule has 6 nitrogen and oxygen atoms in total. The van der Waals surface area contributed by atoms with Crippen LogP contribution in [0.2, 0.25) is 0 Å². The lowest BCUT2D eigenvalue weighted by Gasteiger charge is -2.19. The summed E-state index contributed by atoms with van der Waals surface area (Å²) in [5, 5.41) is 7.91. The van der Waals surface area contributed by atoms with E-state index in [-0.39, 0.29) is 5.82 Å². The molecule has 0 fully saturated rings. The van der Waals surface area contributed by atoms with Crippen LogP contribution < -0.4 is 9.64 Å². The standard InChI is InChI=1S/C15H14FN3O3/c1-19(11-6-5-10(16)8-13(11)20-2)9-14-17-18-15(22-14)12-4-3-7-21-12/h3-8H,9H2,1-2H3. The fourth-order valence-corrected chi connectivity index (χ4v) is 2.07. The van der Waals surface area contributed by atoms with Gasteiger partial charge in [0.25, 0.3) is 5.89 Å². The van der Waals surface area contributed by atoms with Gasteiger partial charge >= 0.3 is 0 Å². The largest absolute Gasteiger partial charge is 0.494 e. The van der Waals surface area contributed by atoms with Crippen molar-refractivity contribution < 1.29 is 18.0 Å². The molecule has 2 heterocycles. The van der Waals surface area contributed by atoms with Gasteiger partial charge in [-0.15, -0.1) is 10.2 Å². The fourth-order valence-electron chi connectivity index (χ4n) is 2.07. The number of methoxy groups -OCH3 is 1. The molecular weight excluding hydrogens is 289 g/mol. The lowest BCUT2D eigenvalue weighted by Crippen LogP contribution is -2.17. The lowest BCUT2D eigenvalue weighted by atomic mass is 10.2. The second-order valence-electron chi connectivity index (χ2n) is 4.65. The molecule has 0 atom stereocenters. The Bertz CT molecular complexity index is 755. The van der Waals surface area contributed by atoms with E-state index < -0.39 is 0 Å². The van der Waals surface area contributed by atoms with Crippen LogP contribution in [0.3, 0.4) is 0 Å². The van der Waals surface area contributed by atoms with Crippen LogP contribution in [0.5, 0.6) is 5.75 Å². The number of nitrogens with zero attached hydrogens (tertiary/aromatic N) is 3. The summed E-state index contributed by atoms with van der Waals surface area (Å²) < 4.78 is 29.2. The zero-order valence-corrected chi connectivity index (χ0v) is 12.1. The van der Waals surface area contributed by atoms with Gasteiger partial charge in [0.05, 0.1) is 25.6 Å². The maximum atomic E-state index is 13.2. The fraction of sp³-hybridized carbons (Fsp3) is 0.200. The number of hydrogen-bond donors (Lipinski definition) is 0. The maximum Gasteiger partial charge on any atom is 0.283 e. The van der Waals surface area contributed by atoms with Gasteiger partial charge in [-0.25, -0.2) is 4.39 Å². The number of anilines is 1. The summed E-state index contributed by atoms with van der Waals surface area (Å²) in [5.41, 5.74) is 0.724. The highest BCUT2D eigenvalue weighted by Gasteiger charge is 2.15.